The molecule has 0 unspecified atom stereocenters. The van der Waals surface area contributed by atoms with Crippen molar-refractivity contribution in [1.82, 2.24) is 0 Å². The summed E-state index contributed by atoms with van der Waals surface area (Å²) in [5, 5.41) is 11.9. The molecule has 1 fully saturated rings. The quantitative estimate of drug-likeness (QED) is 0.358. The van der Waals surface area contributed by atoms with E-state index in [1.165, 1.54) is 7.11 Å². The number of benzene rings is 1. The van der Waals surface area contributed by atoms with Gasteiger partial charge in [0.15, 0.2) is 8.32 Å². The lowest BCUT2D eigenvalue weighted by Crippen LogP contribution is -2.69. The standard InChI is InChI=1S/C27H46O7Si/c1-18(16-30-7)22-19(2)23(34-35(9,10)26(4,5)6)24(31-8)27(29,33-22)20(3)25(28)32-17-21-14-12-11-13-15-21/h11-15,18-20,22-24,29H,16-17H2,1-10H3/t18-,19+,20+,22-,23-,24+,27+/m0/s1. The van der Waals surface area contributed by atoms with Gasteiger partial charge in [-0.2, -0.15) is 0 Å². The highest BCUT2D eigenvalue weighted by atomic mass is 28.4. The van der Waals surface area contributed by atoms with E-state index in [0.29, 0.717) is 6.61 Å². The maximum absolute atomic E-state index is 13.1. The lowest BCUT2D eigenvalue weighted by Gasteiger charge is -2.54. The number of rotatable bonds is 10. The number of carbonyl (C=O) groups is 1. The molecule has 1 heterocycles. The SMILES string of the molecule is COC[C@H](C)[C@@H]1O[C@](O)([C@H](C)C(=O)OCc2ccccc2)[C@H](OC)[C@@H](O[Si](C)(C)C(C)(C)C)[C@@H]1C. The van der Waals surface area contributed by atoms with Crippen LogP contribution >= 0.6 is 0 Å². The fraction of sp³-hybridized carbons (Fsp3) is 0.741. The topological polar surface area (TPSA) is 83.5 Å². The van der Waals surface area contributed by atoms with E-state index in [9.17, 15) is 9.90 Å². The maximum Gasteiger partial charge on any atom is 0.314 e. The van der Waals surface area contributed by atoms with Crippen LogP contribution in [0.4, 0.5) is 0 Å². The third-order valence-corrected chi connectivity index (χ3v) is 12.2. The first kappa shape index (κ1) is 29.9. The molecule has 7 atom stereocenters. The summed E-state index contributed by atoms with van der Waals surface area (Å²) < 4.78 is 30.0. The third-order valence-electron chi connectivity index (χ3n) is 7.75. The summed E-state index contributed by atoms with van der Waals surface area (Å²) in [7, 11) is 0.910. The van der Waals surface area contributed by atoms with Crippen LogP contribution < -0.4 is 0 Å². The second kappa shape index (κ2) is 11.8. The fourth-order valence-corrected chi connectivity index (χ4v) is 5.81. The van der Waals surface area contributed by atoms with Crippen molar-refractivity contribution < 1.29 is 33.3 Å². The zero-order valence-electron chi connectivity index (χ0n) is 23.2. The summed E-state index contributed by atoms with van der Waals surface area (Å²) in [5.74, 6) is -3.65. The van der Waals surface area contributed by atoms with Gasteiger partial charge < -0.3 is 28.5 Å². The van der Waals surface area contributed by atoms with Gasteiger partial charge in [-0.3, -0.25) is 4.79 Å². The van der Waals surface area contributed by atoms with Gasteiger partial charge in [-0.1, -0.05) is 65.0 Å². The summed E-state index contributed by atoms with van der Waals surface area (Å²) >= 11 is 0. The predicted octanol–water partition coefficient (Wildman–Crippen LogP) is 4.78. The van der Waals surface area contributed by atoms with E-state index in [0.717, 1.165) is 5.56 Å². The molecule has 35 heavy (non-hydrogen) atoms. The van der Waals surface area contributed by atoms with Crippen molar-refractivity contribution in [2.45, 2.75) is 90.4 Å². The van der Waals surface area contributed by atoms with E-state index in [2.05, 4.69) is 40.8 Å². The Kier molecular flexibility index (Phi) is 10.1. The number of hydrogen-bond acceptors (Lipinski definition) is 7. The lowest BCUT2D eigenvalue weighted by molar-refractivity contribution is -0.361. The van der Waals surface area contributed by atoms with Crippen molar-refractivity contribution in [2.24, 2.45) is 17.8 Å². The molecule has 8 heteroatoms. The molecule has 0 amide bonds. The second-order valence-corrected chi connectivity index (χ2v) is 16.2. The van der Waals surface area contributed by atoms with E-state index in [1.807, 2.05) is 37.3 Å². The molecule has 1 aromatic carbocycles. The highest BCUT2D eigenvalue weighted by Gasteiger charge is 2.60. The molecule has 0 radical (unpaired) electrons. The van der Waals surface area contributed by atoms with Gasteiger partial charge in [0.25, 0.3) is 0 Å². The van der Waals surface area contributed by atoms with E-state index in [1.54, 1.807) is 14.0 Å². The van der Waals surface area contributed by atoms with Crippen LogP contribution in [0.25, 0.3) is 0 Å². The number of esters is 1. The van der Waals surface area contributed by atoms with Gasteiger partial charge in [-0.25, -0.2) is 0 Å². The van der Waals surface area contributed by atoms with Crippen LogP contribution in [0, 0.1) is 17.8 Å². The van der Waals surface area contributed by atoms with Crippen molar-refractivity contribution in [1.29, 1.82) is 0 Å². The molecule has 0 aromatic heterocycles. The van der Waals surface area contributed by atoms with Gasteiger partial charge in [0.05, 0.1) is 18.8 Å². The van der Waals surface area contributed by atoms with Crippen molar-refractivity contribution in [3.05, 3.63) is 35.9 Å². The summed E-state index contributed by atoms with van der Waals surface area (Å²) in [4.78, 5) is 13.1. The first-order chi connectivity index (χ1) is 16.2. The van der Waals surface area contributed by atoms with E-state index in [4.69, 9.17) is 23.4 Å². The van der Waals surface area contributed by atoms with Gasteiger partial charge in [0.2, 0.25) is 5.79 Å². The van der Waals surface area contributed by atoms with Crippen LogP contribution in [0.15, 0.2) is 30.3 Å². The van der Waals surface area contributed by atoms with Crippen LogP contribution in [0.1, 0.15) is 47.1 Å². The van der Waals surface area contributed by atoms with Crippen LogP contribution in [0.2, 0.25) is 18.1 Å². The molecule has 0 bridgehead atoms. The van der Waals surface area contributed by atoms with Crippen molar-refractivity contribution >= 4 is 14.3 Å². The number of carbonyl (C=O) groups excluding carboxylic acids is 1. The highest BCUT2D eigenvalue weighted by molar-refractivity contribution is 6.74. The molecule has 1 N–H and O–H groups in total. The average Bonchev–Trinajstić information content (AvgIpc) is 2.79. The maximum atomic E-state index is 13.1. The summed E-state index contributed by atoms with van der Waals surface area (Å²) in [6.07, 6.45) is -1.77. The molecule has 1 aromatic rings. The molecule has 0 saturated carbocycles. The smallest absolute Gasteiger partial charge is 0.314 e. The number of aliphatic hydroxyl groups is 1. The van der Waals surface area contributed by atoms with Gasteiger partial charge in [-0.15, -0.1) is 0 Å². The Morgan fingerprint density at radius 2 is 1.77 bits per heavy atom. The molecule has 1 saturated heterocycles. The molecule has 200 valence electrons. The zero-order valence-corrected chi connectivity index (χ0v) is 24.2. The minimum absolute atomic E-state index is 0.0441. The Bertz CT molecular complexity index is 809. The molecular formula is C27H46O7Si. The Morgan fingerprint density at radius 3 is 2.29 bits per heavy atom. The Hall–Kier alpha value is -1.29. The monoisotopic (exact) mass is 510 g/mol. The Balaban J connectivity index is 2.40. The zero-order chi connectivity index (χ0) is 26.6. The van der Waals surface area contributed by atoms with Crippen LogP contribution in [-0.2, 0) is 34.8 Å². The number of ether oxygens (including phenoxy) is 4. The lowest BCUT2D eigenvalue weighted by atomic mass is 9.78. The minimum Gasteiger partial charge on any atom is -0.460 e. The van der Waals surface area contributed by atoms with E-state index in [-0.39, 0.29) is 23.5 Å². The predicted molar refractivity (Wildman–Crippen MR) is 138 cm³/mol. The third kappa shape index (κ3) is 6.73. The number of methoxy groups -OCH3 is 2. The molecule has 2 rings (SSSR count). The number of hydrogen-bond donors (Lipinski definition) is 1. The fourth-order valence-electron chi connectivity index (χ4n) is 4.44. The normalized spacial score (nSPS) is 29.5. The first-order valence-electron chi connectivity index (χ1n) is 12.5. The molecule has 7 nitrogen and oxygen atoms in total. The molecule has 0 aliphatic carbocycles. The molecular weight excluding hydrogens is 464 g/mol. The van der Waals surface area contributed by atoms with Crippen molar-refractivity contribution in [2.75, 3.05) is 20.8 Å². The van der Waals surface area contributed by atoms with E-state index >= 15 is 0 Å². The Labute approximate surface area is 212 Å². The summed E-state index contributed by atoms with van der Waals surface area (Å²) in [5.41, 5.74) is 0.868. The van der Waals surface area contributed by atoms with Crippen molar-refractivity contribution in [3.8, 4) is 0 Å². The average molecular weight is 511 g/mol. The summed E-state index contributed by atoms with van der Waals surface area (Å²) in [6, 6.07) is 9.44. The molecule has 0 spiro atoms. The summed E-state index contributed by atoms with van der Waals surface area (Å²) in [6.45, 7) is 17.1. The van der Waals surface area contributed by atoms with Crippen LogP contribution in [0.5, 0.6) is 0 Å². The Morgan fingerprint density at radius 1 is 1.17 bits per heavy atom. The molecule has 1 aliphatic heterocycles. The molecule has 1 aliphatic rings. The van der Waals surface area contributed by atoms with E-state index < -0.39 is 44.3 Å². The van der Waals surface area contributed by atoms with Crippen LogP contribution in [-0.4, -0.2) is 64.3 Å². The second-order valence-electron chi connectivity index (χ2n) is 11.4. The van der Waals surface area contributed by atoms with Crippen LogP contribution in [0.3, 0.4) is 0 Å². The van der Waals surface area contributed by atoms with Gasteiger partial charge >= 0.3 is 5.97 Å². The highest BCUT2D eigenvalue weighted by Crippen LogP contribution is 2.46. The van der Waals surface area contributed by atoms with Crippen molar-refractivity contribution in [3.63, 3.8) is 0 Å². The van der Waals surface area contributed by atoms with Gasteiger partial charge in [0, 0.05) is 26.1 Å². The van der Waals surface area contributed by atoms with Gasteiger partial charge in [-0.05, 0) is 30.6 Å². The van der Waals surface area contributed by atoms with Gasteiger partial charge in [0.1, 0.15) is 18.6 Å². The first-order valence-corrected chi connectivity index (χ1v) is 15.4. The largest absolute Gasteiger partial charge is 0.460 e. The minimum atomic E-state index is -2.25.